The predicted molar refractivity (Wildman–Crippen MR) is 140 cm³/mol. The monoisotopic (exact) mass is 544 g/mol. The second kappa shape index (κ2) is 11.6. The maximum atomic E-state index is 13.7. The Morgan fingerprint density at radius 2 is 1.84 bits per heavy atom. The highest BCUT2D eigenvalue weighted by molar-refractivity contribution is 6.32. The van der Waals surface area contributed by atoms with Gasteiger partial charge >= 0.3 is 12.1 Å². The highest BCUT2D eigenvalue weighted by Gasteiger charge is 2.34. The minimum Gasteiger partial charge on any atom is -0.481 e. The van der Waals surface area contributed by atoms with Gasteiger partial charge < -0.3 is 10.4 Å². The number of carboxylic acids is 1. The first-order chi connectivity index (χ1) is 18.0. The van der Waals surface area contributed by atoms with Crippen molar-refractivity contribution in [3.63, 3.8) is 0 Å². The van der Waals surface area contributed by atoms with Crippen LogP contribution in [0.5, 0.6) is 0 Å². The molecule has 0 bridgehead atoms. The van der Waals surface area contributed by atoms with Crippen LogP contribution in [0, 0.1) is 12.8 Å². The van der Waals surface area contributed by atoms with E-state index < -0.39 is 23.6 Å². The zero-order valence-corrected chi connectivity index (χ0v) is 21.6. The first-order valence-electron chi connectivity index (χ1n) is 12.5. The number of alkyl halides is 3. The number of carbonyl (C=O) groups is 2. The molecule has 4 rings (SSSR count). The molecule has 0 saturated heterocycles. The molecule has 2 aromatic carbocycles. The van der Waals surface area contributed by atoms with Gasteiger partial charge in [0.15, 0.2) is 0 Å². The van der Waals surface area contributed by atoms with Gasteiger partial charge in [0.25, 0.3) is 0 Å². The van der Waals surface area contributed by atoms with Crippen molar-refractivity contribution in [3.05, 3.63) is 82.1 Å². The van der Waals surface area contributed by atoms with E-state index >= 15 is 0 Å². The largest absolute Gasteiger partial charge is 0.481 e. The summed E-state index contributed by atoms with van der Waals surface area (Å²) in [7, 11) is 0. The molecule has 1 amide bonds. The third kappa shape index (κ3) is 6.35. The molecule has 1 aliphatic rings. The number of anilines is 1. The van der Waals surface area contributed by atoms with E-state index in [0.29, 0.717) is 28.3 Å². The number of carbonyl (C=O) groups excluding carboxylic acids is 1. The fourth-order valence-electron chi connectivity index (χ4n) is 5.15. The number of benzene rings is 2. The van der Waals surface area contributed by atoms with Crippen LogP contribution in [0.1, 0.15) is 60.3 Å². The highest BCUT2D eigenvalue weighted by Crippen LogP contribution is 2.42. The Labute approximate surface area is 224 Å². The Kier molecular flexibility index (Phi) is 8.41. The summed E-state index contributed by atoms with van der Waals surface area (Å²) in [5.41, 5.74) is 2.81. The molecule has 0 radical (unpaired) electrons. The van der Waals surface area contributed by atoms with Crippen molar-refractivity contribution in [1.29, 1.82) is 0 Å². The number of halogens is 4. The molecule has 3 aromatic rings. The molecule has 0 aliphatic heterocycles. The Bertz CT molecular complexity index is 1340. The van der Waals surface area contributed by atoms with Crippen molar-refractivity contribution in [1.82, 2.24) is 4.98 Å². The smallest absolute Gasteiger partial charge is 0.417 e. The molecule has 5 nitrogen and oxygen atoms in total. The van der Waals surface area contributed by atoms with Crippen LogP contribution in [0.25, 0.3) is 11.1 Å². The quantitative estimate of drug-likeness (QED) is 0.305. The van der Waals surface area contributed by atoms with E-state index in [9.17, 15) is 22.8 Å². The van der Waals surface area contributed by atoms with E-state index in [1.807, 2.05) is 13.0 Å². The summed E-state index contributed by atoms with van der Waals surface area (Å²) < 4.78 is 39.5. The van der Waals surface area contributed by atoms with Gasteiger partial charge in [-0.05, 0) is 72.6 Å². The lowest BCUT2D eigenvalue weighted by atomic mass is 9.83. The summed E-state index contributed by atoms with van der Waals surface area (Å²) in [5, 5.41) is 12.4. The van der Waals surface area contributed by atoms with Crippen molar-refractivity contribution in [2.45, 2.75) is 57.5 Å². The summed E-state index contributed by atoms with van der Waals surface area (Å²) in [4.78, 5) is 28.4. The van der Waals surface area contributed by atoms with Crippen molar-refractivity contribution in [3.8, 4) is 11.1 Å². The number of amides is 1. The van der Waals surface area contributed by atoms with E-state index in [2.05, 4.69) is 10.3 Å². The van der Waals surface area contributed by atoms with E-state index in [4.69, 9.17) is 16.7 Å². The topological polar surface area (TPSA) is 79.3 Å². The Morgan fingerprint density at radius 1 is 1.11 bits per heavy atom. The summed E-state index contributed by atoms with van der Waals surface area (Å²) in [6, 6.07) is 11.4. The molecule has 0 spiro atoms. The minimum atomic E-state index is -4.51. The Balaban J connectivity index is 1.63. The Morgan fingerprint density at radius 3 is 2.50 bits per heavy atom. The summed E-state index contributed by atoms with van der Waals surface area (Å²) in [5.74, 6) is -1.57. The van der Waals surface area contributed by atoms with Gasteiger partial charge in [0.1, 0.15) is 0 Å². The third-order valence-electron chi connectivity index (χ3n) is 7.20. The molecule has 1 aliphatic carbocycles. The number of nitrogens with one attached hydrogen (secondary N) is 1. The van der Waals surface area contributed by atoms with Crippen LogP contribution in [0.2, 0.25) is 5.02 Å². The maximum absolute atomic E-state index is 13.7. The van der Waals surface area contributed by atoms with Crippen molar-refractivity contribution < 1.29 is 27.9 Å². The van der Waals surface area contributed by atoms with E-state index in [1.165, 1.54) is 6.20 Å². The molecular weight excluding hydrogens is 517 g/mol. The number of aryl methyl sites for hydroxylation is 1. The molecule has 1 heterocycles. The van der Waals surface area contributed by atoms with Gasteiger partial charge in [0.2, 0.25) is 5.91 Å². The number of carboxylic acid groups (broad SMARTS) is 1. The molecular formula is C29H28ClF3N2O3. The lowest BCUT2D eigenvalue weighted by Gasteiger charge is -2.25. The number of hydrogen-bond acceptors (Lipinski definition) is 3. The maximum Gasteiger partial charge on any atom is 0.417 e. The van der Waals surface area contributed by atoms with E-state index in [1.54, 1.807) is 30.3 Å². The molecule has 38 heavy (non-hydrogen) atoms. The number of nitrogens with zero attached hydrogens (tertiary/aromatic N) is 1. The molecule has 2 N–H and O–H groups in total. The normalized spacial score (nSPS) is 14.9. The summed E-state index contributed by atoms with van der Waals surface area (Å²) in [6.07, 6.45) is 1.70. The molecule has 1 atom stereocenters. The van der Waals surface area contributed by atoms with Crippen LogP contribution < -0.4 is 5.32 Å². The van der Waals surface area contributed by atoms with Gasteiger partial charge in [-0.2, -0.15) is 13.2 Å². The molecule has 1 unspecified atom stereocenters. The van der Waals surface area contributed by atoms with Gasteiger partial charge in [0, 0.05) is 35.1 Å². The summed E-state index contributed by atoms with van der Waals surface area (Å²) >= 11 is 6.68. The van der Waals surface area contributed by atoms with Crippen LogP contribution in [-0.2, 0) is 22.2 Å². The first-order valence-corrected chi connectivity index (χ1v) is 12.9. The second-order valence-electron chi connectivity index (χ2n) is 9.69. The molecule has 1 aromatic heterocycles. The van der Waals surface area contributed by atoms with Crippen molar-refractivity contribution in [2.24, 2.45) is 5.92 Å². The lowest BCUT2D eigenvalue weighted by molar-refractivity contribution is -0.138. The third-order valence-corrected chi connectivity index (χ3v) is 7.53. The van der Waals surface area contributed by atoms with Crippen LogP contribution in [-0.4, -0.2) is 22.0 Å². The predicted octanol–water partition coefficient (Wildman–Crippen LogP) is 7.66. The lowest BCUT2D eigenvalue weighted by Crippen LogP contribution is -2.27. The molecule has 1 fully saturated rings. The zero-order chi connectivity index (χ0) is 27.4. The standard InChI is InChI=1S/C29H28ClF3N2O3/c1-17-18(10-12-26(36)37)7-4-8-25(17)35-28(38)27(19-5-2-3-6-19)23-11-9-20(14-24(23)30)21-13-22(16-34-15-21)29(31,32)33/h4,7-9,11,13-16,19,27H,2-3,5-6,10,12H2,1H3,(H,35,38)(H,36,37). The van der Waals surface area contributed by atoms with Crippen LogP contribution >= 0.6 is 11.6 Å². The summed E-state index contributed by atoms with van der Waals surface area (Å²) in [6.45, 7) is 1.85. The Hall–Kier alpha value is -3.39. The number of hydrogen-bond donors (Lipinski definition) is 2. The molecule has 200 valence electrons. The van der Waals surface area contributed by atoms with Gasteiger partial charge in [-0.25, -0.2) is 0 Å². The average Bonchev–Trinajstić information content (AvgIpc) is 3.39. The van der Waals surface area contributed by atoms with Crippen LogP contribution in [0.15, 0.2) is 54.9 Å². The number of rotatable bonds is 8. The van der Waals surface area contributed by atoms with Gasteiger partial charge in [-0.15, -0.1) is 0 Å². The number of pyridine rings is 1. The van der Waals surface area contributed by atoms with E-state index in [-0.39, 0.29) is 23.8 Å². The molecule has 9 heteroatoms. The van der Waals surface area contributed by atoms with Crippen LogP contribution in [0.3, 0.4) is 0 Å². The molecule has 1 saturated carbocycles. The fraction of sp³-hybridized carbons (Fsp3) is 0.345. The minimum absolute atomic E-state index is 0.00765. The highest BCUT2D eigenvalue weighted by atomic mass is 35.5. The number of aromatic nitrogens is 1. The second-order valence-corrected chi connectivity index (χ2v) is 10.1. The van der Waals surface area contributed by atoms with Crippen molar-refractivity contribution >= 4 is 29.2 Å². The van der Waals surface area contributed by atoms with Gasteiger partial charge in [-0.1, -0.05) is 48.7 Å². The number of aliphatic carboxylic acids is 1. The van der Waals surface area contributed by atoms with E-state index in [0.717, 1.165) is 49.1 Å². The van der Waals surface area contributed by atoms with Gasteiger partial charge in [0.05, 0.1) is 11.5 Å². The van der Waals surface area contributed by atoms with Crippen molar-refractivity contribution in [2.75, 3.05) is 5.32 Å². The van der Waals surface area contributed by atoms with Crippen LogP contribution in [0.4, 0.5) is 18.9 Å². The van der Waals surface area contributed by atoms with Gasteiger partial charge in [-0.3, -0.25) is 14.6 Å². The first kappa shape index (κ1) is 27.6. The average molecular weight is 545 g/mol. The fourth-order valence-corrected chi connectivity index (χ4v) is 5.45. The zero-order valence-electron chi connectivity index (χ0n) is 20.8. The SMILES string of the molecule is Cc1c(CCC(=O)O)cccc1NC(=O)C(c1ccc(-c2cncc(C(F)(F)F)c2)cc1Cl)C1CCCC1.